The number of hydrogen-bond acceptors (Lipinski definition) is 2. The predicted molar refractivity (Wildman–Crippen MR) is 83.1 cm³/mol. The first kappa shape index (κ1) is 15.1. The maximum absolute atomic E-state index is 6.41. The Morgan fingerprint density at radius 1 is 1.26 bits per heavy atom. The summed E-state index contributed by atoms with van der Waals surface area (Å²) < 4.78 is 0. The lowest BCUT2D eigenvalue weighted by atomic mass is 9.90. The van der Waals surface area contributed by atoms with Gasteiger partial charge in [0.2, 0.25) is 0 Å². The normalized spacial score (nSPS) is 20.2. The first-order chi connectivity index (χ1) is 9.13. The van der Waals surface area contributed by atoms with Gasteiger partial charge in [-0.25, -0.2) is 0 Å². The van der Waals surface area contributed by atoms with E-state index in [0.29, 0.717) is 12.0 Å². The molecule has 2 nitrogen and oxygen atoms in total. The van der Waals surface area contributed by atoms with Crippen LogP contribution in [0, 0.1) is 5.92 Å². The number of halogens is 2. The standard InChI is InChI=1S/C15H22Cl2N2/c1-3-11(2)15(19-8-6-18-7-9-19)13-10-12(16)4-5-14(13)17/h4-5,10-11,15,18H,3,6-9H2,1-2H3/t11?,15-/m1/s1. The molecule has 4 heteroatoms. The fourth-order valence-corrected chi connectivity index (χ4v) is 3.20. The topological polar surface area (TPSA) is 15.3 Å². The zero-order valence-corrected chi connectivity index (χ0v) is 13.1. The van der Waals surface area contributed by atoms with Crippen LogP contribution in [0.5, 0.6) is 0 Å². The smallest absolute Gasteiger partial charge is 0.0455 e. The van der Waals surface area contributed by atoms with E-state index in [1.807, 2.05) is 18.2 Å². The first-order valence-electron chi connectivity index (χ1n) is 7.03. The van der Waals surface area contributed by atoms with Crippen molar-refractivity contribution in [2.45, 2.75) is 26.3 Å². The van der Waals surface area contributed by atoms with Crippen molar-refractivity contribution in [2.24, 2.45) is 5.92 Å². The lowest BCUT2D eigenvalue weighted by molar-refractivity contribution is 0.128. The SMILES string of the molecule is CCC(C)[C@H](c1cc(Cl)ccc1Cl)N1CCNCC1. The molecule has 2 rings (SSSR count). The maximum Gasteiger partial charge on any atom is 0.0455 e. The molecule has 0 aromatic heterocycles. The summed E-state index contributed by atoms with van der Waals surface area (Å²) in [6, 6.07) is 6.16. The molecule has 0 bridgehead atoms. The van der Waals surface area contributed by atoms with Crippen LogP contribution in [0.15, 0.2) is 18.2 Å². The van der Waals surface area contributed by atoms with E-state index in [2.05, 4.69) is 24.1 Å². The van der Waals surface area contributed by atoms with Crippen LogP contribution in [0.1, 0.15) is 31.9 Å². The number of benzene rings is 1. The Morgan fingerprint density at radius 2 is 1.95 bits per heavy atom. The van der Waals surface area contributed by atoms with Crippen molar-refractivity contribution in [3.8, 4) is 0 Å². The van der Waals surface area contributed by atoms with Crippen molar-refractivity contribution in [1.29, 1.82) is 0 Å². The van der Waals surface area contributed by atoms with E-state index in [-0.39, 0.29) is 0 Å². The molecule has 1 heterocycles. The van der Waals surface area contributed by atoms with Gasteiger partial charge in [-0.2, -0.15) is 0 Å². The van der Waals surface area contributed by atoms with Gasteiger partial charge in [-0.3, -0.25) is 4.90 Å². The van der Waals surface area contributed by atoms with E-state index in [4.69, 9.17) is 23.2 Å². The highest BCUT2D eigenvalue weighted by molar-refractivity contribution is 6.33. The number of piperazine rings is 1. The fraction of sp³-hybridized carbons (Fsp3) is 0.600. The summed E-state index contributed by atoms with van der Waals surface area (Å²) in [4.78, 5) is 2.53. The molecule has 1 aliphatic rings. The average Bonchev–Trinajstić information content (AvgIpc) is 2.44. The van der Waals surface area contributed by atoms with E-state index in [9.17, 15) is 0 Å². The molecular weight excluding hydrogens is 279 g/mol. The Balaban J connectivity index is 2.33. The van der Waals surface area contributed by atoms with E-state index >= 15 is 0 Å². The minimum Gasteiger partial charge on any atom is -0.314 e. The zero-order valence-electron chi connectivity index (χ0n) is 11.6. The third-order valence-electron chi connectivity index (χ3n) is 4.00. The molecule has 0 amide bonds. The van der Waals surface area contributed by atoms with E-state index in [0.717, 1.165) is 42.6 Å². The van der Waals surface area contributed by atoms with Crippen molar-refractivity contribution >= 4 is 23.2 Å². The molecule has 1 aliphatic heterocycles. The molecule has 1 fully saturated rings. The summed E-state index contributed by atoms with van der Waals surface area (Å²) in [6.07, 6.45) is 1.14. The fourth-order valence-electron chi connectivity index (χ4n) is 2.79. The van der Waals surface area contributed by atoms with Crippen LogP contribution in [0.4, 0.5) is 0 Å². The van der Waals surface area contributed by atoms with Gasteiger partial charge >= 0.3 is 0 Å². The monoisotopic (exact) mass is 300 g/mol. The number of hydrogen-bond donors (Lipinski definition) is 1. The highest BCUT2D eigenvalue weighted by Gasteiger charge is 2.28. The molecule has 1 saturated heterocycles. The highest BCUT2D eigenvalue weighted by atomic mass is 35.5. The maximum atomic E-state index is 6.41. The zero-order chi connectivity index (χ0) is 13.8. The largest absolute Gasteiger partial charge is 0.314 e. The van der Waals surface area contributed by atoms with Gasteiger partial charge in [0.05, 0.1) is 0 Å². The number of nitrogens with one attached hydrogen (secondary N) is 1. The van der Waals surface area contributed by atoms with Crippen LogP contribution >= 0.6 is 23.2 Å². The second-order valence-electron chi connectivity index (χ2n) is 5.28. The molecule has 0 radical (unpaired) electrons. The molecule has 0 spiro atoms. The molecular formula is C15H22Cl2N2. The molecule has 106 valence electrons. The van der Waals surface area contributed by atoms with Crippen molar-refractivity contribution in [1.82, 2.24) is 10.2 Å². The van der Waals surface area contributed by atoms with E-state index in [1.54, 1.807) is 0 Å². The molecule has 1 aromatic rings. The van der Waals surface area contributed by atoms with Crippen molar-refractivity contribution in [3.05, 3.63) is 33.8 Å². The Bertz CT molecular complexity index is 417. The van der Waals surface area contributed by atoms with Crippen LogP contribution in [-0.2, 0) is 0 Å². The van der Waals surface area contributed by atoms with Gasteiger partial charge in [-0.05, 0) is 29.7 Å². The van der Waals surface area contributed by atoms with E-state index < -0.39 is 0 Å². The van der Waals surface area contributed by atoms with E-state index in [1.165, 1.54) is 5.56 Å². The Kier molecular flexibility index (Phi) is 5.52. The average molecular weight is 301 g/mol. The van der Waals surface area contributed by atoms with Crippen molar-refractivity contribution in [3.63, 3.8) is 0 Å². The second kappa shape index (κ2) is 6.94. The Labute approximate surface area is 126 Å². The van der Waals surface area contributed by atoms with Crippen LogP contribution in [-0.4, -0.2) is 31.1 Å². The number of nitrogens with zero attached hydrogens (tertiary/aromatic N) is 1. The molecule has 0 saturated carbocycles. The first-order valence-corrected chi connectivity index (χ1v) is 7.78. The summed E-state index contributed by atoms with van der Waals surface area (Å²) in [5, 5.41) is 5.00. The highest BCUT2D eigenvalue weighted by Crippen LogP contribution is 2.36. The van der Waals surface area contributed by atoms with Gasteiger partial charge in [0, 0.05) is 42.3 Å². The minimum atomic E-state index is 0.360. The van der Waals surface area contributed by atoms with Gasteiger partial charge in [0.1, 0.15) is 0 Å². The third kappa shape index (κ3) is 3.63. The van der Waals surface area contributed by atoms with Gasteiger partial charge < -0.3 is 5.32 Å². The van der Waals surface area contributed by atoms with Gasteiger partial charge in [0.15, 0.2) is 0 Å². The van der Waals surface area contributed by atoms with Crippen molar-refractivity contribution in [2.75, 3.05) is 26.2 Å². The van der Waals surface area contributed by atoms with Gasteiger partial charge in [0.25, 0.3) is 0 Å². The lowest BCUT2D eigenvalue weighted by Crippen LogP contribution is -2.46. The molecule has 0 aliphatic carbocycles. The number of rotatable bonds is 4. The molecule has 1 N–H and O–H groups in total. The second-order valence-corrected chi connectivity index (χ2v) is 6.13. The summed E-state index contributed by atoms with van der Waals surface area (Å²) in [5.41, 5.74) is 1.17. The Morgan fingerprint density at radius 3 is 2.58 bits per heavy atom. The molecule has 1 unspecified atom stereocenters. The summed E-state index contributed by atoms with van der Waals surface area (Å²) in [7, 11) is 0. The molecule has 19 heavy (non-hydrogen) atoms. The van der Waals surface area contributed by atoms with Crippen LogP contribution in [0.25, 0.3) is 0 Å². The van der Waals surface area contributed by atoms with Crippen LogP contribution in [0.2, 0.25) is 10.0 Å². The summed E-state index contributed by atoms with van der Waals surface area (Å²) >= 11 is 12.6. The lowest BCUT2D eigenvalue weighted by Gasteiger charge is -2.38. The predicted octanol–water partition coefficient (Wildman–Crippen LogP) is 3.99. The van der Waals surface area contributed by atoms with Gasteiger partial charge in [-0.1, -0.05) is 43.5 Å². The van der Waals surface area contributed by atoms with Crippen LogP contribution < -0.4 is 5.32 Å². The summed E-state index contributed by atoms with van der Waals surface area (Å²) in [6.45, 7) is 8.76. The van der Waals surface area contributed by atoms with Gasteiger partial charge in [-0.15, -0.1) is 0 Å². The molecule has 2 atom stereocenters. The third-order valence-corrected chi connectivity index (χ3v) is 4.58. The molecule has 1 aromatic carbocycles. The Hall–Kier alpha value is -0.280. The quantitative estimate of drug-likeness (QED) is 0.904. The minimum absolute atomic E-state index is 0.360. The summed E-state index contributed by atoms with van der Waals surface area (Å²) in [5.74, 6) is 0.564. The van der Waals surface area contributed by atoms with Crippen molar-refractivity contribution < 1.29 is 0 Å². The van der Waals surface area contributed by atoms with Crippen LogP contribution in [0.3, 0.4) is 0 Å².